The van der Waals surface area contributed by atoms with Crippen molar-refractivity contribution in [1.82, 2.24) is 9.80 Å². The summed E-state index contributed by atoms with van der Waals surface area (Å²) in [6.07, 6.45) is -3.40. The normalized spacial score (nSPS) is 16.5. The number of benzene rings is 2. The number of carbonyl (C=O) groups excluding carboxylic acids is 1. The first-order chi connectivity index (χ1) is 13.4. The lowest BCUT2D eigenvalue weighted by Crippen LogP contribution is -2.36. The molecular weight excluding hydrogens is 367 g/mol. The number of nitrogens with zero attached hydrogens (tertiary/aromatic N) is 2. The second-order valence-electron chi connectivity index (χ2n) is 7.01. The van der Waals surface area contributed by atoms with Crippen molar-refractivity contribution < 1.29 is 18.0 Å². The van der Waals surface area contributed by atoms with Gasteiger partial charge < -0.3 is 5.32 Å². The molecule has 1 heterocycles. The smallest absolute Gasteiger partial charge is 0.325 e. The first-order valence-electron chi connectivity index (χ1n) is 9.36. The first-order valence-corrected chi connectivity index (χ1v) is 9.36. The van der Waals surface area contributed by atoms with Crippen LogP contribution in [0.5, 0.6) is 0 Å². The van der Waals surface area contributed by atoms with Crippen LogP contribution in [0.3, 0.4) is 0 Å². The molecule has 1 aliphatic heterocycles. The lowest BCUT2D eigenvalue weighted by atomic mass is 10.2. The summed E-state index contributed by atoms with van der Waals surface area (Å²) in [5.41, 5.74) is 0.922. The topological polar surface area (TPSA) is 35.6 Å². The zero-order chi connectivity index (χ0) is 20.0. The Hall–Kier alpha value is -2.38. The highest BCUT2D eigenvalue weighted by Gasteiger charge is 2.30. The molecule has 2 aromatic rings. The maximum absolute atomic E-state index is 12.6. The van der Waals surface area contributed by atoms with Crippen molar-refractivity contribution in [2.24, 2.45) is 0 Å². The minimum absolute atomic E-state index is 0.212. The Morgan fingerprint density at radius 3 is 2.21 bits per heavy atom. The average Bonchev–Trinajstić information content (AvgIpc) is 2.87. The van der Waals surface area contributed by atoms with Gasteiger partial charge in [0, 0.05) is 25.3 Å². The zero-order valence-electron chi connectivity index (χ0n) is 15.6. The van der Waals surface area contributed by atoms with E-state index >= 15 is 0 Å². The van der Waals surface area contributed by atoms with Crippen LogP contribution in [0.15, 0.2) is 54.6 Å². The van der Waals surface area contributed by atoms with Crippen LogP contribution in [0.25, 0.3) is 0 Å². The summed E-state index contributed by atoms with van der Waals surface area (Å²) in [6.45, 7) is 4.60. The number of hydrogen-bond donors (Lipinski definition) is 1. The van der Waals surface area contributed by atoms with Gasteiger partial charge in [0.25, 0.3) is 0 Å². The standard InChI is InChI=1S/C21H24F3N3O/c22-21(23,24)18-7-9-19(10-8-18)25-20(28)16-27-12-4-11-26(13-14-27)15-17-5-2-1-3-6-17/h1-3,5-10H,4,11-16H2,(H,25,28). The average molecular weight is 391 g/mol. The molecule has 150 valence electrons. The van der Waals surface area contributed by atoms with Crippen molar-refractivity contribution in [1.29, 1.82) is 0 Å². The number of amides is 1. The Morgan fingerprint density at radius 2 is 1.54 bits per heavy atom. The maximum atomic E-state index is 12.6. The van der Waals surface area contributed by atoms with E-state index in [2.05, 4.69) is 27.2 Å². The van der Waals surface area contributed by atoms with Gasteiger partial charge >= 0.3 is 6.18 Å². The quantitative estimate of drug-likeness (QED) is 0.841. The first kappa shape index (κ1) is 20.4. The van der Waals surface area contributed by atoms with Gasteiger partial charge in [-0.3, -0.25) is 14.6 Å². The minimum atomic E-state index is -4.37. The SMILES string of the molecule is O=C(CN1CCCN(Cc2ccccc2)CC1)Nc1ccc(C(F)(F)F)cc1. The molecule has 28 heavy (non-hydrogen) atoms. The molecule has 0 aliphatic carbocycles. The Bertz CT molecular complexity index is 763. The predicted octanol–water partition coefficient (Wildman–Crippen LogP) is 3.85. The maximum Gasteiger partial charge on any atom is 0.416 e. The van der Waals surface area contributed by atoms with Crippen LogP contribution in [0.2, 0.25) is 0 Å². The van der Waals surface area contributed by atoms with E-state index in [0.717, 1.165) is 51.3 Å². The molecular formula is C21H24F3N3O. The molecule has 2 aromatic carbocycles. The van der Waals surface area contributed by atoms with Crippen molar-refractivity contribution in [3.8, 4) is 0 Å². The molecule has 1 fully saturated rings. The van der Waals surface area contributed by atoms with Gasteiger partial charge in [-0.05, 0) is 49.3 Å². The van der Waals surface area contributed by atoms with Crippen LogP contribution in [-0.4, -0.2) is 48.4 Å². The largest absolute Gasteiger partial charge is 0.416 e. The number of carbonyl (C=O) groups is 1. The van der Waals surface area contributed by atoms with E-state index in [1.54, 1.807) is 0 Å². The molecule has 0 bridgehead atoms. The fourth-order valence-electron chi connectivity index (χ4n) is 3.33. The van der Waals surface area contributed by atoms with Crippen LogP contribution in [0, 0.1) is 0 Å². The summed E-state index contributed by atoms with van der Waals surface area (Å²) in [6, 6.07) is 14.8. The van der Waals surface area contributed by atoms with E-state index in [0.29, 0.717) is 5.69 Å². The van der Waals surface area contributed by atoms with E-state index in [9.17, 15) is 18.0 Å². The van der Waals surface area contributed by atoms with Crippen LogP contribution in [0.1, 0.15) is 17.5 Å². The second-order valence-corrected chi connectivity index (χ2v) is 7.01. The van der Waals surface area contributed by atoms with Crippen molar-refractivity contribution in [2.75, 3.05) is 38.0 Å². The van der Waals surface area contributed by atoms with Crippen LogP contribution in [-0.2, 0) is 17.5 Å². The molecule has 1 aliphatic rings. The summed E-state index contributed by atoms with van der Waals surface area (Å²) in [7, 11) is 0. The van der Waals surface area contributed by atoms with E-state index in [4.69, 9.17) is 0 Å². The lowest BCUT2D eigenvalue weighted by Gasteiger charge is -2.21. The molecule has 1 saturated heterocycles. The van der Waals surface area contributed by atoms with Crippen LogP contribution < -0.4 is 5.32 Å². The molecule has 0 saturated carbocycles. The number of hydrogen-bond acceptors (Lipinski definition) is 3. The number of halogens is 3. The highest BCUT2D eigenvalue weighted by Crippen LogP contribution is 2.29. The third-order valence-corrected chi connectivity index (χ3v) is 4.79. The number of nitrogens with one attached hydrogen (secondary N) is 1. The third kappa shape index (κ3) is 6.07. The van der Waals surface area contributed by atoms with Crippen molar-refractivity contribution in [2.45, 2.75) is 19.1 Å². The molecule has 4 nitrogen and oxygen atoms in total. The van der Waals surface area contributed by atoms with E-state index in [1.165, 1.54) is 17.7 Å². The Morgan fingerprint density at radius 1 is 0.893 bits per heavy atom. The van der Waals surface area contributed by atoms with Gasteiger partial charge in [-0.2, -0.15) is 13.2 Å². The van der Waals surface area contributed by atoms with Gasteiger partial charge in [0.05, 0.1) is 12.1 Å². The molecule has 0 aromatic heterocycles. The molecule has 1 N–H and O–H groups in total. The summed E-state index contributed by atoms with van der Waals surface area (Å²) in [5, 5.41) is 2.68. The van der Waals surface area contributed by atoms with Gasteiger partial charge in [-0.15, -0.1) is 0 Å². The van der Waals surface area contributed by atoms with Crippen LogP contribution in [0.4, 0.5) is 18.9 Å². The summed E-state index contributed by atoms with van der Waals surface area (Å²) >= 11 is 0. The molecule has 0 unspecified atom stereocenters. The van der Waals surface area contributed by atoms with E-state index in [-0.39, 0.29) is 12.5 Å². The van der Waals surface area contributed by atoms with Gasteiger partial charge in [0.2, 0.25) is 5.91 Å². The Labute approximate surface area is 162 Å². The fraction of sp³-hybridized carbons (Fsp3) is 0.381. The van der Waals surface area contributed by atoms with E-state index < -0.39 is 11.7 Å². The molecule has 3 rings (SSSR count). The molecule has 0 spiro atoms. The van der Waals surface area contributed by atoms with Gasteiger partial charge in [-0.1, -0.05) is 30.3 Å². The van der Waals surface area contributed by atoms with E-state index in [1.807, 2.05) is 18.2 Å². The van der Waals surface area contributed by atoms with Crippen molar-refractivity contribution in [3.63, 3.8) is 0 Å². The molecule has 1 amide bonds. The third-order valence-electron chi connectivity index (χ3n) is 4.79. The van der Waals surface area contributed by atoms with Crippen molar-refractivity contribution in [3.05, 3.63) is 65.7 Å². The fourth-order valence-corrected chi connectivity index (χ4v) is 3.33. The summed E-state index contributed by atoms with van der Waals surface area (Å²) in [4.78, 5) is 16.7. The zero-order valence-corrected chi connectivity index (χ0v) is 15.6. The Kier molecular flexibility index (Phi) is 6.70. The molecule has 0 atom stereocenters. The Balaban J connectivity index is 1.46. The monoisotopic (exact) mass is 391 g/mol. The van der Waals surface area contributed by atoms with Gasteiger partial charge in [0.1, 0.15) is 0 Å². The molecule has 7 heteroatoms. The second kappa shape index (κ2) is 9.21. The molecule has 0 radical (unpaired) electrons. The highest BCUT2D eigenvalue weighted by molar-refractivity contribution is 5.92. The lowest BCUT2D eigenvalue weighted by molar-refractivity contribution is -0.137. The summed E-state index contributed by atoms with van der Waals surface area (Å²) < 4.78 is 37.8. The number of rotatable bonds is 5. The van der Waals surface area contributed by atoms with Crippen LogP contribution >= 0.6 is 0 Å². The van der Waals surface area contributed by atoms with Crippen molar-refractivity contribution >= 4 is 11.6 Å². The number of anilines is 1. The minimum Gasteiger partial charge on any atom is -0.325 e. The van der Waals surface area contributed by atoms with Gasteiger partial charge in [0.15, 0.2) is 0 Å². The van der Waals surface area contributed by atoms with Gasteiger partial charge in [-0.25, -0.2) is 0 Å². The summed E-state index contributed by atoms with van der Waals surface area (Å²) in [5.74, 6) is -0.212. The number of alkyl halides is 3. The highest BCUT2D eigenvalue weighted by atomic mass is 19.4. The predicted molar refractivity (Wildman–Crippen MR) is 103 cm³/mol.